The summed E-state index contributed by atoms with van der Waals surface area (Å²) in [5.41, 5.74) is 2.40. The van der Waals surface area contributed by atoms with E-state index in [1.54, 1.807) is 11.8 Å². The maximum Gasteiger partial charge on any atom is 0.230 e. The second-order valence-electron chi connectivity index (χ2n) is 5.50. The summed E-state index contributed by atoms with van der Waals surface area (Å²) in [7, 11) is 0. The first-order valence-corrected chi connectivity index (χ1v) is 10.6. The van der Waals surface area contributed by atoms with Crippen LogP contribution in [0.5, 0.6) is 0 Å². The minimum Gasteiger partial charge on any atom is -0.355 e. The number of hydrogen-bond acceptors (Lipinski definition) is 2. The summed E-state index contributed by atoms with van der Waals surface area (Å²) < 4.78 is 2.12. The molecule has 0 aliphatic carbocycles. The van der Waals surface area contributed by atoms with E-state index in [9.17, 15) is 4.79 Å². The van der Waals surface area contributed by atoms with Crippen LogP contribution in [0.4, 0.5) is 0 Å². The molecule has 0 fully saturated rings. The summed E-state index contributed by atoms with van der Waals surface area (Å²) in [5.74, 6) is 0.563. The summed E-state index contributed by atoms with van der Waals surface area (Å²) in [5, 5.41) is 3.13. The molecule has 0 atom stereocenters. The number of rotatable bonds is 8. The molecular formula is C19H21Br2NOS. The van der Waals surface area contributed by atoms with Gasteiger partial charge in [-0.05, 0) is 41.8 Å². The molecule has 2 rings (SSSR count). The average molecular weight is 471 g/mol. The predicted octanol–water partition coefficient (Wildman–Crippen LogP) is 5.95. The quantitative estimate of drug-likeness (QED) is 0.483. The smallest absolute Gasteiger partial charge is 0.230 e. The summed E-state index contributed by atoms with van der Waals surface area (Å²) in [6, 6.07) is 16.6. The van der Waals surface area contributed by atoms with Crippen LogP contribution in [0.3, 0.4) is 0 Å². The number of carbonyl (C=O) groups excluding carboxylic acids is 1. The van der Waals surface area contributed by atoms with Crippen LogP contribution in [0, 0.1) is 0 Å². The number of nitrogens with one attached hydrogen (secondary N) is 1. The minimum absolute atomic E-state index is 0.104. The molecule has 0 bridgehead atoms. The van der Waals surface area contributed by atoms with Crippen molar-refractivity contribution in [2.75, 3.05) is 12.3 Å². The van der Waals surface area contributed by atoms with E-state index in [4.69, 9.17) is 0 Å². The molecule has 0 heterocycles. The van der Waals surface area contributed by atoms with Crippen LogP contribution in [0.15, 0.2) is 57.5 Å². The second kappa shape index (κ2) is 10.3. The maximum absolute atomic E-state index is 12.0. The average Bonchev–Trinajstić information content (AvgIpc) is 2.58. The third-order valence-corrected chi connectivity index (χ3v) is 5.94. The Kier molecular flexibility index (Phi) is 8.36. The van der Waals surface area contributed by atoms with Gasteiger partial charge in [0.05, 0.1) is 11.0 Å². The molecule has 0 unspecified atom stereocenters. The van der Waals surface area contributed by atoms with Gasteiger partial charge < -0.3 is 5.32 Å². The first-order valence-electron chi connectivity index (χ1n) is 7.99. The lowest BCUT2D eigenvalue weighted by Crippen LogP contribution is -2.26. The fourth-order valence-electron chi connectivity index (χ4n) is 2.27. The fraction of sp³-hybridized carbons (Fsp3) is 0.316. The van der Waals surface area contributed by atoms with Crippen molar-refractivity contribution in [3.63, 3.8) is 0 Å². The number of carbonyl (C=O) groups is 1. The van der Waals surface area contributed by atoms with Gasteiger partial charge in [-0.1, -0.05) is 69.5 Å². The highest BCUT2D eigenvalue weighted by atomic mass is 79.9. The molecule has 2 nitrogen and oxygen atoms in total. The number of halogens is 2. The van der Waals surface area contributed by atoms with Crippen LogP contribution in [0.2, 0.25) is 0 Å². The van der Waals surface area contributed by atoms with Gasteiger partial charge in [-0.3, -0.25) is 4.79 Å². The van der Waals surface area contributed by atoms with Crippen molar-refractivity contribution < 1.29 is 4.79 Å². The second-order valence-corrected chi connectivity index (χ2v) is 8.42. The standard InChI is InChI=1S/C19H21Br2NOS/c1-2-3-12-22-18(23)13-24-19(14-4-8-16(20)9-5-14)15-6-10-17(21)11-7-15/h4-11,19H,2-3,12-13H2,1H3,(H,22,23). The van der Waals surface area contributed by atoms with Gasteiger partial charge in [-0.2, -0.15) is 0 Å². The summed E-state index contributed by atoms with van der Waals surface area (Å²) in [6.45, 7) is 2.88. The molecule has 0 aromatic heterocycles. The topological polar surface area (TPSA) is 29.1 Å². The normalized spacial score (nSPS) is 10.8. The first-order chi connectivity index (χ1) is 11.6. The van der Waals surface area contributed by atoms with Gasteiger partial charge in [0, 0.05) is 15.5 Å². The third kappa shape index (κ3) is 6.26. The van der Waals surface area contributed by atoms with Crippen LogP contribution in [-0.4, -0.2) is 18.2 Å². The van der Waals surface area contributed by atoms with Gasteiger partial charge in [0.1, 0.15) is 0 Å². The SMILES string of the molecule is CCCCNC(=O)CSC(c1ccc(Br)cc1)c1ccc(Br)cc1. The van der Waals surface area contributed by atoms with Crippen molar-refractivity contribution in [3.8, 4) is 0 Å². The Morgan fingerprint density at radius 2 is 1.50 bits per heavy atom. The molecular weight excluding hydrogens is 450 g/mol. The molecule has 0 spiro atoms. The van der Waals surface area contributed by atoms with Crippen molar-refractivity contribution in [1.29, 1.82) is 0 Å². The Balaban J connectivity index is 2.09. The van der Waals surface area contributed by atoms with Crippen LogP contribution < -0.4 is 5.32 Å². The minimum atomic E-state index is 0.104. The Morgan fingerprint density at radius 1 is 1.00 bits per heavy atom. The maximum atomic E-state index is 12.0. The van der Waals surface area contributed by atoms with Crippen molar-refractivity contribution in [3.05, 3.63) is 68.6 Å². The van der Waals surface area contributed by atoms with E-state index in [2.05, 4.69) is 68.4 Å². The van der Waals surface area contributed by atoms with Gasteiger partial charge in [0.25, 0.3) is 0 Å². The molecule has 0 radical (unpaired) electrons. The molecule has 0 saturated carbocycles. The molecule has 24 heavy (non-hydrogen) atoms. The molecule has 2 aromatic carbocycles. The van der Waals surface area contributed by atoms with E-state index in [1.165, 1.54) is 11.1 Å². The van der Waals surface area contributed by atoms with Crippen LogP contribution in [0.1, 0.15) is 36.1 Å². The Hall–Kier alpha value is -0.780. The van der Waals surface area contributed by atoms with Gasteiger partial charge in [-0.25, -0.2) is 0 Å². The Labute approximate surface area is 165 Å². The predicted molar refractivity (Wildman–Crippen MR) is 111 cm³/mol. The number of benzene rings is 2. The van der Waals surface area contributed by atoms with Crippen molar-refractivity contribution in [2.45, 2.75) is 25.0 Å². The summed E-state index contributed by atoms with van der Waals surface area (Å²) >= 11 is 8.62. The molecule has 1 N–H and O–H groups in total. The highest BCUT2D eigenvalue weighted by Gasteiger charge is 2.16. The molecule has 0 saturated heterocycles. The van der Waals surface area contributed by atoms with Crippen molar-refractivity contribution in [2.24, 2.45) is 0 Å². The zero-order chi connectivity index (χ0) is 17.4. The van der Waals surface area contributed by atoms with Gasteiger partial charge in [0.2, 0.25) is 5.91 Å². The largest absolute Gasteiger partial charge is 0.355 e. The summed E-state index contributed by atoms with van der Waals surface area (Å²) in [4.78, 5) is 12.0. The lowest BCUT2D eigenvalue weighted by atomic mass is 10.0. The van der Waals surface area contributed by atoms with Gasteiger partial charge in [0.15, 0.2) is 0 Å². The fourth-order valence-corrected chi connectivity index (χ4v) is 3.92. The van der Waals surface area contributed by atoms with E-state index in [1.807, 2.05) is 24.3 Å². The van der Waals surface area contributed by atoms with Crippen molar-refractivity contribution >= 4 is 49.5 Å². The van der Waals surface area contributed by atoms with Crippen LogP contribution in [-0.2, 0) is 4.79 Å². The van der Waals surface area contributed by atoms with Crippen molar-refractivity contribution in [1.82, 2.24) is 5.32 Å². The van der Waals surface area contributed by atoms with E-state index < -0.39 is 0 Å². The lowest BCUT2D eigenvalue weighted by molar-refractivity contribution is -0.118. The zero-order valence-electron chi connectivity index (χ0n) is 13.6. The number of hydrogen-bond donors (Lipinski definition) is 1. The highest BCUT2D eigenvalue weighted by molar-refractivity contribution is 9.10. The van der Waals surface area contributed by atoms with Gasteiger partial charge >= 0.3 is 0 Å². The van der Waals surface area contributed by atoms with Crippen LogP contribution >= 0.6 is 43.6 Å². The Morgan fingerprint density at radius 3 is 1.96 bits per heavy atom. The summed E-state index contributed by atoms with van der Waals surface area (Å²) in [6.07, 6.45) is 2.12. The highest BCUT2D eigenvalue weighted by Crippen LogP contribution is 2.36. The van der Waals surface area contributed by atoms with E-state index in [0.717, 1.165) is 28.3 Å². The Bertz CT molecular complexity index is 598. The van der Waals surface area contributed by atoms with Gasteiger partial charge in [-0.15, -0.1) is 11.8 Å². The molecule has 128 valence electrons. The number of amides is 1. The van der Waals surface area contributed by atoms with E-state index in [0.29, 0.717) is 5.75 Å². The molecule has 1 amide bonds. The first kappa shape index (κ1) is 19.5. The van der Waals surface area contributed by atoms with Crippen LogP contribution in [0.25, 0.3) is 0 Å². The molecule has 0 aliphatic rings. The zero-order valence-corrected chi connectivity index (χ0v) is 17.6. The lowest BCUT2D eigenvalue weighted by Gasteiger charge is -2.18. The molecule has 2 aromatic rings. The third-order valence-electron chi connectivity index (χ3n) is 3.58. The van der Waals surface area contributed by atoms with E-state index in [-0.39, 0.29) is 11.2 Å². The molecule has 5 heteroatoms. The number of thioether (sulfide) groups is 1. The molecule has 0 aliphatic heterocycles. The van der Waals surface area contributed by atoms with E-state index >= 15 is 0 Å². The monoisotopic (exact) mass is 469 g/mol. The number of unbranched alkanes of at least 4 members (excludes halogenated alkanes) is 1.